The van der Waals surface area contributed by atoms with E-state index in [1.807, 2.05) is 27.7 Å². The van der Waals surface area contributed by atoms with E-state index in [-0.39, 0.29) is 11.6 Å². The van der Waals surface area contributed by atoms with E-state index in [1.54, 1.807) is 35.1 Å². The molecule has 1 heterocycles. The van der Waals surface area contributed by atoms with Crippen molar-refractivity contribution in [2.75, 3.05) is 18.5 Å². The number of benzene rings is 1. The first-order chi connectivity index (χ1) is 13.4. The number of nitrogens with one attached hydrogen (secondary N) is 1. The summed E-state index contributed by atoms with van der Waals surface area (Å²) >= 11 is 0. The maximum atomic E-state index is 12.4. The molecule has 28 heavy (non-hydrogen) atoms. The van der Waals surface area contributed by atoms with Crippen LogP contribution in [0.4, 0.5) is 5.82 Å². The lowest BCUT2D eigenvalue weighted by Gasteiger charge is -2.16. The lowest BCUT2D eigenvalue weighted by atomic mass is 10.2. The van der Waals surface area contributed by atoms with Crippen molar-refractivity contribution in [3.05, 3.63) is 36.0 Å². The molecule has 0 bridgehead atoms. The van der Waals surface area contributed by atoms with Gasteiger partial charge in [0, 0.05) is 12.1 Å². The van der Waals surface area contributed by atoms with E-state index in [4.69, 9.17) is 14.2 Å². The van der Waals surface area contributed by atoms with Gasteiger partial charge in [-0.1, -0.05) is 0 Å². The van der Waals surface area contributed by atoms with Crippen molar-refractivity contribution in [2.45, 2.75) is 46.8 Å². The molecular weight excluding hydrogens is 362 g/mol. The molecule has 1 atom stereocenters. The molecule has 1 N–H and O–H groups in total. The molecule has 2 aromatic rings. The first-order valence-corrected chi connectivity index (χ1v) is 9.32. The van der Waals surface area contributed by atoms with E-state index in [0.717, 1.165) is 0 Å². The quantitative estimate of drug-likeness (QED) is 0.661. The standard InChI is InChI=1S/C20H27N3O5/c1-6-26-16-9-8-15(12-17(16)27-7-2)20(25)28-14(5)19(24)22-18-10-11-21-23(18)13(3)4/h8-14H,6-7H2,1-5H3,(H,22,24)/t14-/m1/s1. The monoisotopic (exact) mass is 389 g/mol. The fraction of sp³-hybridized carbons (Fsp3) is 0.450. The molecule has 8 heteroatoms. The highest BCUT2D eigenvalue weighted by molar-refractivity contribution is 5.97. The first kappa shape index (κ1) is 21.3. The molecule has 0 saturated heterocycles. The molecule has 0 aliphatic carbocycles. The lowest BCUT2D eigenvalue weighted by molar-refractivity contribution is -0.123. The van der Waals surface area contributed by atoms with Crippen molar-refractivity contribution in [1.29, 1.82) is 0 Å². The molecule has 0 spiro atoms. The summed E-state index contributed by atoms with van der Waals surface area (Å²) in [4.78, 5) is 24.8. The van der Waals surface area contributed by atoms with Crippen LogP contribution < -0.4 is 14.8 Å². The van der Waals surface area contributed by atoms with Gasteiger partial charge in [0.25, 0.3) is 5.91 Å². The fourth-order valence-electron chi connectivity index (χ4n) is 2.51. The molecule has 1 aromatic carbocycles. The largest absolute Gasteiger partial charge is 0.490 e. The number of aromatic nitrogens is 2. The number of esters is 1. The van der Waals surface area contributed by atoms with Crippen LogP contribution in [-0.2, 0) is 9.53 Å². The third-order valence-corrected chi connectivity index (χ3v) is 3.84. The Morgan fingerprint density at radius 1 is 1.07 bits per heavy atom. The maximum absolute atomic E-state index is 12.4. The topological polar surface area (TPSA) is 91.7 Å². The minimum Gasteiger partial charge on any atom is -0.490 e. The van der Waals surface area contributed by atoms with Crippen molar-refractivity contribution in [3.8, 4) is 11.5 Å². The molecule has 0 aliphatic heterocycles. The van der Waals surface area contributed by atoms with Crippen LogP contribution in [-0.4, -0.2) is 41.0 Å². The molecule has 0 saturated carbocycles. The average Bonchev–Trinajstić information content (AvgIpc) is 3.11. The number of nitrogens with zero attached hydrogens (tertiary/aromatic N) is 2. The highest BCUT2D eigenvalue weighted by atomic mass is 16.5. The van der Waals surface area contributed by atoms with Gasteiger partial charge in [0.05, 0.1) is 25.0 Å². The van der Waals surface area contributed by atoms with E-state index in [2.05, 4.69) is 10.4 Å². The van der Waals surface area contributed by atoms with Gasteiger partial charge in [0.15, 0.2) is 17.6 Å². The van der Waals surface area contributed by atoms with Crippen molar-refractivity contribution in [2.24, 2.45) is 0 Å². The normalized spacial score (nSPS) is 11.8. The van der Waals surface area contributed by atoms with Gasteiger partial charge in [0.2, 0.25) is 0 Å². The summed E-state index contributed by atoms with van der Waals surface area (Å²) in [6, 6.07) is 6.55. The SMILES string of the molecule is CCOc1ccc(C(=O)O[C@H](C)C(=O)Nc2ccnn2C(C)C)cc1OCC. The number of hydrogen-bond donors (Lipinski definition) is 1. The van der Waals surface area contributed by atoms with Gasteiger partial charge in [0.1, 0.15) is 5.82 Å². The number of ether oxygens (including phenoxy) is 3. The van der Waals surface area contributed by atoms with Gasteiger partial charge in [-0.3, -0.25) is 4.79 Å². The fourth-order valence-corrected chi connectivity index (χ4v) is 2.51. The molecule has 8 nitrogen and oxygen atoms in total. The zero-order chi connectivity index (χ0) is 20.7. The minimum atomic E-state index is -0.981. The Kier molecular flexibility index (Phi) is 7.43. The Labute approximate surface area is 164 Å². The Balaban J connectivity index is 2.05. The Hall–Kier alpha value is -3.03. The van der Waals surface area contributed by atoms with Gasteiger partial charge in [-0.15, -0.1) is 0 Å². The zero-order valence-corrected chi connectivity index (χ0v) is 16.9. The predicted octanol–water partition coefficient (Wildman–Crippen LogP) is 3.45. The van der Waals surface area contributed by atoms with Crippen LogP contribution in [0.2, 0.25) is 0 Å². The van der Waals surface area contributed by atoms with Crippen LogP contribution in [0.1, 0.15) is 51.0 Å². The number of rotatable bonds is 9. The van der Waals surface area contributed by atoms with Crippen LogP contribution >= 0.6 is 0 Å². The van der Waals surface area contributed by atoms with Crippen LogP contribution in [0.15, 0.2) is 30.5 Å². The van der Waals surface area contributed by atoms with E-state index >= 15 is 0 Å². The first-order valence-electron chi connectivity index (χ1n) is 9.32. The number of carbonyl (C=O) groups is 2. The van der Waals surface area contributed by atoms with Gasteiger partial charge < -0.3 is 19.5 Å². The van der Waals surface area contributed by atoms with Crippen molar-refractivity contribution in [1.82, 2.24) is 9.78 Å². The number of anilines is 1. The molecule has 1 amide bonds. The number of hydrogen-bond acceptors (Lipinski definition) is 6. The molecule has 0 unspecified atom stereocenters. The summed E-state index contributed by atoms with van der Waals surface area (Å²) in [5.74, 6) is 0.490. The second-order valence-electron chi connectivity index (χ2n) is 6.32. The van der Waals surface area contributed by atoms with Crippen LogP contribution in [0.5, 0.6) is 11.5 Å². The van der Waals surface area contributed by atoms with E-state index < -0.39 is 18.0 Å². The second kappa shape index (κ2) is 9.77. The third kappa shape index (κ3) is 5.25. The minimum absolute atomic E-state index is 0.0870. The summed E-state index contributed by atoms with van der Waals surface area (Å²) in [5, 5.41) is 6.88. The van der Waals surface area contributed by atoms with E-state index in [1.165, 1.54) is 6.92 Å². The van der Waals surface area contributed by atoms with Crippen molar-refractivity contribution >= 4 is 17.7 Å². The molecule has 1 aromatic heterocycles. The zero-order valence-electron chi connectivity index (χ0n) is 16.9. The van der Waals surface area contributed by atoms with Gasteiger partial charge >= 0.3 is 5.97 Å². The maximum Gasteiger partial charge on any atom is 0.339 e. The van der Waals surface area contributed by atoms with Gasteiger partial charge in [-0.2, -0.15) is 5.10 Å². The number of carbonyl (C=O) groups excluding carboxylic acids is 2. The third-order valence-electron chi connectivity index (χ3n) is 3.84. The Bertz CT molecular complexity index is 816. The summed E-state index contributed by atoms with van der Waals surface area (Å²) < 4.78 is 18.0. The van der Waals surface area contributed by atoms with Gasteiger partial charge in [-0.25, -0.2) is 9.48 Å². The van der Waals surface area contributed by atoms with Crippen molar-refractivity contribution < 1.29 is 23.8 Å². The predicted molar refractivity (Wildman–Crippen MR) is 105 cm³/mol. The number of amides is 1. The van der Waals surface area contributed by atoms with Crippen LogP contribution in [0.3, 0.4) is 0 Å². The summed E-state index contributed by atoms with van der Waals surface area (Å²) in [6.45, 7) is 10.0. The van der Waals surface area contributed by atoms with E-state index in [0.29, 0.717) is 30.5 Å². The average molecular weight is 389 g/mol. The van der Waals surface area contributed by atoms with E-state index in [9.17, 15) is 9.59 Å². The Morgan fingerprint density at radius 2 is 1.75 bits per heavy atom. The summed E-state index contributed by atoms with van der Waals surface area (Å²) in [6.07, 6.45) is 0.617. The molecular formula is C20H27N3O5. The Morgan fingerprint density at radius 3 is 2.39 bits per heavy atom. The lowest BCUT2D eigenvalue weighted by Crippen LogP contribution is -2.31. The molecule has 0 aliphatic rings. The molecule has 0 fully saturated rings. The molecule has 0 radical (unpaired) electrons. The van der Waals surface area contributed by atoms with Crippen molar-refractivity contribution in [3.63, 3.8) is 0 Å². The van der Waals surface area contributed by atoms with Gasteiger partial charge in [-0.05, 0) is 52.8 Å². The van der Waals surface area contributed by atoms with Crippen LogP contribution in [0, 0.1) is 0 Å². The molecule has 2 rings (SSSR count). The highest BCUT2D eigenvalue weighted by Gasteiger charge is 2.21. The second-order valence-corrected chi connectivity index (χ2v) is 6.32. The van der Waals surface area contributed by atoms with Crippen LogP contribution in [0.25, 0.3) is 0 Å². The summed E-state index contributed by atoms with van der Waals surface area (Å²) in [7, 11) is 0. The highest BCUT2D eigenvalue weighted by Crippen LogP contribution is 2.29. The summed E-state index contributed by atoms with van der Waals surface area (Å²) in [5.41, 5.74) is 0.277. The molecule has 152 valence electrons. The smallest absolute Gasteiger partial charge is 0.339 e.